The Labute approximate surface area is 161 Å². The van der Waals surface area contributed by atoms with Gasteiger partial charge in [-0.25, -0.2) is 0 Å². The highest BCUT2D eigenvalue weighted by Gasteiger charge is 2.21. The van der Waals surface area contributed by atoms with Crippen LogP contribution in [0, 0.1) is 0 Å². The van der Waals surface area contributed by atoms with Gasteiger partial charge in [0, 0.05) is 19.5 Å². The van der Waals surface area contributed by atoms with Gasteiger partial charge >= 0.3 is 0 Å². The first-order valence-corrected chi connectivity index (χ1v) is 9.36. The molecule has 2 rings (SSSR count). The molecule has 0 radical (unpaired) electrons. The first-order valence-electron chi connectivity index (χ1n) is 9.36. The molecule has 0 N–H and O–H groups in total. The summed E-state index contributed by atoms with van der Waals surface area (Å²) in [6.07, 6.45) is 5.47. The second-order valence-corrected chi connectivity index (χ2v) is 6.48. The molecule has 1 aromatic carbocycles. The maximum Gasteiger partial charge on any atom is 0.242 e. The van der Waals surface area contributed by atoms with Crippen molar-refractivity contribution >= 4 is 11.8 Å². The van der Waals surface area contributed by atoms with Crippen LogP contribution in [0.1, 0.15) is 37.5 Å². The van der Waals surface area contributed by atoms with Crippen LogP contribution in [-0.2, 0) is 22.7 Å². The highest BCUT2D eigenvalue weighted by Crippen LogP contribution is 2.12. The highest BCUT2D eigenvalue weighted by atomic mass is 16.3. The van der Waals surface area contributed by atoms with E-state index < -0.39 is 0 Å². The molecule has 0 aliphatic heterocycles. The van der Waals surface area contributed by atoms with Gasteiger partial charge in [0.2, 0.25) is 11.8 Å². The third-order valence-corrected chi connectivity index (χ3v) is 4.27. The number of carbonyl (C=O) groups is 2. The van der Waals surface area contributed by atoms with Crippen molar-refractivity contribution in [1.29, 1.82) is 0 Å². The number of amides is 2. The molecule has 0 fully saturated rings. The predicted molar refractivity (Wildman–Crippen MR) is 106 cm³/mol. The lowest BCUT2D eigenvalue weighted by Crippen LogP contribution is -2.42. The fourth-order valence-electron chi connectivity index (χ4n) is 2.79. The van der Waals surface area contributed by atoms with Crippen LogP contribution < -0.4 is 0 Å². The molecule has 27 heavy (non-hydrogen) atoms. The SMILES string of the molecule is C=CCN(CC(=O)N(Cc1ccccc1)Cc1ccco1)C(=O)CCCC. The summed E-state index contributed by atoms with van der Waals surface area (Å²) >= 11 is 0. The summed E-state index contributed by atoms with van der Waals surface area (Å²) in [4.78, 5) is 28.7. The van der Waals surface area contributed by atoms with Crippen molar-refractivity contribution in [1.82, 2.24) is 9.80 Å². The second-order valence-electron chi connectivity index (χ2n) is 6.48. The van der Waals surface area contributed by atoms with Gasteiger partial charge in [-0.05, 0) is 24.1 Å². The average molecular weight is 368 g/mol. The quantitative estimate of drug-likeness (QED) is 0.563. The summed E-state index contributed by atoms with van der Waals surface area (Å²) in [6, 6.07) is 13.5. The summed E-state index contributed by atoms with van der Waals surface area (Å²) in [6.45, 7) is 7.00. The van der Waals surface area contributed by atoms with E-state index in [4.69, 9.17) is 4.42 Å². The Bertz CT molecular complexity index is 710. The molecular weight excluding hydrogens is 340 g/mol. The molecule has 0 aliphatic carbocycles. The number of hydrogen-bond donors (Lipinski definition) is 0. The van der Waals surface area contributed by atoms with Crippen molar-refractivity contribution in [2.45, 2.75) is 39.3 Å². The first-order chi connectivity index (χ1) is 13.1. The molecule has 1 aromatic heterocycles. The van der Waals surface area contributed by atoms with Gasteiger partial charge in [-0.3, -0.25) is 9.59 Å². The topological polar surface area (TPSA) is 53.8 Å². The fraction of sp³-hybridized carbons (Fsp3) is 0.364. The Balaban J connectivity index is 2.10. The van der Waals surface area contributed by atoms with E-state index in [1.807, 2.05) is 43.3 Å². The number of rotatable bonds is 11. The van der Waals surface area contributed by atoms with Gasteiger partial charge in [0.15, 0.2) is 0 Å². The summed E-state index contributed by atoms with van der Waals surface area (Å²) in [7, 11) is 0. The predicted octanol–water partition coefficient (Wildman–Crippen LogP) is 4.01. The lowest BCUT2D eigenvalue weighted by atomic mass is 10.2. The third-order valence-electron chi connectivity index (χ3n) is 4.27. The Morgan fingerprint density at radius 3 is 2.44 bits per heavy atom. The molecule has 2 amide bonds. The smallest absolute Gasteiger partial charge is 0.242 e. The molecule has 144 valence electrons. The Kier molecular flexibility index (Phi) is 8.36. The standard InChI is InChI=1S/C22H28N2O3/c1-3-5-13-21(25)23(14-4-2)18-22(26)24(17-20-12-9-15-27-20)16-19-10-7-6-8-11-19/h4,6-12,15H,2-3,5,13-14,16-18H2,1H3. The minimum absolute atomic E-state index is 0.0113. The van der Waals surface area contributed by atoms with Crippen molar-refractivity contribution in [3.63, 3.8) is 0 Å². The van der Waals surface area contributed by atoms with E-state index in [-0.39, 0.29) is 18.4 Å². The van der Waals surface area contributed by atoms with Crippen LogP contribution in [0.25, 0.3) is 0 Å². The lowest BCUT2D eigenvalue weighted by molar-refractivity contribution is -0.141. The van der Waals surface area contributed by atoms with Crippen LogP contribution in [0.4, 0.5) is 0 Å². The molecule has 5 nitrogen and oxygen atoms in total. The monoisotopic (exact) mass is 368 g/mol. The molecule has 0 aliphatic rings. The van der Waals surface area contributed by atoms with Crippen molar-refractivity contribution < 1.29 is 14.0 Å². The molecule has 2 aromatic rings. The van der Waals surface area contributed by atoms with Crippen LogP contribution in [-0.4, -0.2) is 34.7 Å². The Morgan fingerprint density at radius 2 is 1.81 bits per heavy atom. The zero-order chi connectivity index (χ0) is 19.5. The van der Waals surface area contributed by atoms with Crippen LogP contribution in [0.5, 0.6) is 0 Å². The summed E-state index contributed by atoms with van der Waals surface area (Å²) in [5.41, 5.74) is 1.03. The van der Waals surface area contributed by atoms with Gasteiger partial charge < -0.3 is 14.2 Å². The molecule has 0 atom stereocenters. The number of benzene rings is 1. The number of unbranched alkanes of at least 4 members (excludes halogenated alkanes) is 1. The van der Waals surface area contributed by atoms with Gasteiger partial charge in [-0.15, -0.1) is 6.58 Å². The van der Waals surface area contributed by atoms with Gasteiger partial charge in [-0.2, -0.15) is 0 Å². The third kappa shape index (κ3) is 6.77. The second kappa shape index (κ2) is 11.0. The molecule has 0 saturated heterocycles. The van der Waals surface area contributed by atoms with E-state index in [2.05, 4.69) is 6.58 Å². The van der Waals surface area contributed by atoms with Crippen molar-refractivity contribution in [3.8, 4) is 0 Å². The number of carbonyl (C=O) groups excluding carboxylic acids is 2. The minimum atomic E-state index is -0.109. The van der Waals surface area contributed by atoms with E-state index >= 15 is 0 Å². The van der Waals surface area contributed by atoms with Crippen molar-refractivity contribution in [3.05, 3.63) is 72.7 Å². The number of hydrogen-bond acceptors (Lipinski definition) is 3. The molecule has 1 heterocycles. The normalized spacial score (nSPS) is 10.4. The van der Waals surface area contributed by atoms with E-state index in [9.17, 15) is 9.59 Å². The summed E-state index contributed by atoms with van der Waals surface area (Å²) in [5.74, 6) is 0.594. The van der Waals surface area contributed by atoms with Gasteiger partial charge in [-0.1, -0.05) is 49.8 Å². The van der Waals surface area contributed by atoms with E-state index in [0.717, 1.165) is 18.4 Å². The van der Waals surface area contributed by atoms with E-state index in [0.29, 0.717) is 31.8 Å². The molecule has 0 saturated carbocycles. The largest absolute Gasteiger partial charge is 0.467 e. The maximum atomic E-state index is 13.0. The van der Waals surface area contributed by atoms with Crippen LogP contribution in [0.15, 0.2) is 65.8 Å². The number of nitrogens with zero attached hydrogens (tertiary/aromatic N) is 2. The summed E-state index contributed by atoms with van der Waals surface area (Å²) in [5, 5.41) is 0. The minimum Gasteiger partial charge on any atom is -0.467 e. The van der Waals surface area contributed by atoms with E-state index in [1.54, 1.807) is 28.2 Å². The Hall–Kier alpha value is -2.82. The summed E-state index contributed by atoms with van der Waals surface area (Å²) < 4.78 is 5.41. The van der Waals surface area contributed by atoms with E-state index in [1.165, 1.54) is 0 Å². The van der Waals surface area contributed by atoms with Crippen molar-refractivity contribution in [2.75, 3.05) is 13.1 Å². The molecule has 0 unspecified atom stereocenters. The zero-order valence-corrected chi connectivity index (χ0v) is 16.0. The van der Waals surface area contributed by atoms with Crippen LogP contribution >= 0.6 is 0 Å². The van der Waals surface area contributed by atoms with Gasteiger partial charge in [0.25, 0.3) is 0 Å². The zero-order valence-electron chi connectivity index (χ0n) is 16.0. The van der Waals surface area contributed by atoms with Crippen molar-refractivity contribution in [2.24, 2.45) is 0 Å². The lowest BCUT2D eigenvalue weighted by Gasteiger charge is -2.27. The van der Waals surface area contributed by atoms with Crippen LogP contribution in [0.2, 0.25) is 0 Å². The average Bonchev–Trinajstić information content (AvgIpc) is 3.19. The fourth-order valence-corrected chi connectivity index (χ4v) is 2.79. The molecule has 0 spiro atoms. The molecular formula is C22H28N2O3. The number of furan rings is 1. The highest BCUT2D eigenvalue weighted by molar-refractivity contribution is 5.85. The van der Waals surface area contributed by atoms with Gasteiger partial charge in [0.05, 0.1) is 12.8 Å². The van der Waals surface area contributed by atoms with Gasteiger partial charge in [0.1, 0.15) is 12.3 Å². The molecule has 0 bridgehead atoms. The van der Waals surface area contributed by atoms with Crippen LogP contribution in [0.3, 0.4) is 0 Å². The Morgan fingerprint density at radius 1 is 1.04 bits per heavy atom. The first kappa shape index (κ1) is 20.5. The molecule has 5 heteroatoms. The maximum absolute atomic E-state index is 13.0.